The van der Waals surface area contributed by atoms with Gasteiger partial charge in [0.1, 0.15) is 19.3 Å². The predicted octanol–water partition coefficient (Wildman–Crippen LogP) is 2.35. The third kappa shape index (κ3) is 7.83. The van der Waals surface area contributed by atoms with Crippen molar-refractivity contribution in [3.8, 4) is 23.0 Å². The Labute approximate surface area is 225 Å². The van der Waals surface area contributed by atoms with Gasteiger partial charge >= 0.3 is 18.0 Å². The van der Waals surface area contributed by atoms with Gasteiger partial charge < -0.3 is 38.8 Å². The number of carboxylic acid groups (broad SMARTS) is 1. The third-order valence-corrected chi connectivity index (χ3v) is 5.27. The Morgan fingerprint density at radius 3 is 1.55 bits per heavy atom. The second kappa shape index (κ2) is 14.0. The Balaban J connectivity index is 2.07. The molecule has 17 heteroatoms. The van der Waals surface area contributed by atoms with Gasteiger partial charge in [-0.1, -0.05) is 0 Å². The summed E-state index contributed by atoms with van der Waals surface area (Å²) in [5, 5.41) is 34.1. The van der Waals surface area contributed by atoms with Crippen LogP contribution in [0.3, 0.4) is 0 Å². The van der Waals surface area contributed by atoms with Crippen LogP contribution in [-0.4, -0.2) is 67.5 Å². The molecule has 1 unspecified atom stereocenters. The van der Waals surface area contributed by atoms with E-state index in [2.05, 4.69) is 0 Å². The molecule has 2 rings (SSSR count). The van der Waals surface area contributed by atoms with Gasteiger partial charge in [-0.15, -0.1) is 0 Å². The molecule has 40 heavy (non-hydrogen) atoms. The zero-order valence-electron chi connectivity index (χ0n) is 21.7. The molecule has 0 radical (unpaired) electrons. The number of carboxylic acids is 1. The summed E-state index contributed by atoms with van der Waals surface area (Å²) in [6.45, 7) is -1.27. The van der Waals surface area contributed by atoms with E-state index in [4.69, 9.17) is 28.4 Å². The lowest BCUT2D eigenvalue weighted by molar-refractivity contribution is -0.386. The molecule has 0 spiro atoms. The molecule has 1 amide bonds. The maximum Gasteiger partial charge on any atom is 0.408 e. The fourth-order valence-electron chi connectivity index (χ4n) is 3.30. The van der Waals surface area contributed by atoms with E-state index in [-0.39, 0.29) is 34.1 Å². The Hall–Kier alpha value is -5.35. The van der Waals surface area contributed by atoms with Crippen LogP contribution in [0, 0.1) is 20.2 Å². The van der Waals surface area contributed by atoms with E-state index in [0.29, 0.717) is 0 Å². The van der Waals surface area contributed by atoms with E-state index in [0.717, 1.165) is 12.1 Å². The number of rotatable bonds is 14. The van der Waals surface area contributed by atoms with Gasteiger partial charge in [0.25, 0.3) is 11.4 Å². The van der Waals surface area contributed by atoms with E-state index in [1.807, 2.05) is 5.32 Å². The lowest BCUT2D eigenvalue weighted by Crippen LogP contribution is -2.42. The number of nitro groups is 2. The summed E-state index contributed by atoms with van der Waals surface area (Å²) in [6.07, 6.45) is -2.18. The smallest absolute Gasteiger partial charge is 0.408 e. The first kappa shape index (κ1) is 30.9. The summed E-state index contributed by atoms with van der Waals surface area (Å²) in [4.78, 5) is 57.4. The van der Waals surface area contributed by atoms with Crippen molar-refractivity contribution in [2.75, 3.05) is 28.4 Å². The monoisotopic (exact) mass is 568 g/mol. The number of nitrogens with zero attached hydrogens (tertiary/aromatic N) is 2. The van der Waals surface area contributed by atoms with Gasteiger partial charge in [0, 0.05) is 0 Å². The van der Waals surface area contributed by atoms with Crippen LogP contribution >= 0.6 is 0 Å². The highest BCUT2D eigenvalue weighted by Crippen LogP contribution is 2.36. The fraction of sp³-hybridized carbons (Fsp3) is 0.348. The van der Waals surface area contributed by atoms with Gasteiger partial charge in [-0.05, 0) is 12.1 Å². The summed E-state index contributed by atoms with van der Waals surface area (Å²) < 4.78 is 30.1. The molecule has 0 aliphatic heterocycles. The molecule has 0 aromatic heterocycles. The molecule has 2 aromatic carbocycles. The molecule has 0 aliphatic carbocycles. The summed E-state index contributed by atoms with van der Waals surface area (Å²) in [7, 11) is 5.14. The first-order valence-corrected chi connectivity index (χ1v) is 11.1. The second-order valence-corrected chi connectivity index (χ2v) is 7.66. The molecule has 0 bridgehead atoms. The number of hydrogen-bond acceptors (Lipinski definition) is 13. The maximum atomic E-state index is 12.3. The van der Waals surface area contributed by atoms with Crippen LogP contribution < -0.4 is 24.3 Å². The Morgan fingerprint density at radius 1 is 0.775 bits per heavy atom. The molecule has 2 N–H and O–H groups in total. The predicted molar refractivity (Wildman–Crippen MR) is 132 cm³/mol. The van der Waals surface area contributed by atoms with Crippen molar-refractivity contribution < 1.29 is 57.8 Å². The number of nitro benzene ring substituents is 2. The topological polar surface area (TPSA) is 225 Å². The number of carbonyl (C=O) groups is 3. The van der Waals surface area contributed by atoms with Crippen LogP contribution in [0.5, 0.6) is 23.0 Å². The number of benzene rings is 2. The molecular weight excluding hydrogens is 543 g/mol. The van der Waals surface area contributed by atoms with Crippen molar-refractivity contribution in [1.82, 2.24) is 5.32 Å². The minimum absolute atomic E-state index is 0.0604. The zero-order valence-corrected chi connectivity index (χ0v) is 21.7. The number of ether oxygens (including phenoxy) is 6. The number of esters is 1. The highest BCUT2D eigenvalue weighted by molar-refractivity contribution is 5.85. The fourth-order valence-corrected chi connectivity index (χ4v) is 3.30. The molecule has 0 saturated heterocycles. The van der Waals surface area contributed by atoms with E-state index in [1.54, 1.807) is 0 Å². The van der Waals surface area contributed by atoms with Crippen molar-refractivity contribution in [2.24, 2.45) is 0 Å². The zero-order chi connectivity index (χ0) is 30.0. The lowest BCUT2D eigenvalue weighted by atomic mass is 10.1. The summed E-state index contributed by atoms with van der Waals surface area (Å²) in [5.41, 5.74) is -1.04. The molecule has 0 saturated carbocycles. The van der Waals surface area contributed by atoms with E-state index in [1.165, 1.54) is 40.6 Å². The number of aliphatic carboxylic acids is 1. The highest BCUT2D eigenvalue weighted by Gasteiger charge is 2.27. The van der Waals surface area contributed by atoms with Crippen molar-refractivity contribution in [1.29, 1.82) is 0 Å². The van der Waals surface area contributed by atoms with Gasteiger partial charge in [-0.2, -0.15) is 0 Å². The molecule has 216 valence electrons. The Kier molecular flexibility index (Phi) is 10.8. The van der Waals surface area contributed by atoms with Crippen molar-refractivity contribution in [3.05, 3.63) is 55.6 Å². The maximum absolute atomic E-state index is 12.3. The van der Waals surface area contributed by atoms with Gasteiger partial charge in [-0.25, -0.2) is 9.59 Å². The standard InChI is InChI=1S/C23H25N3O14/c1-35-17-5-12(15(25(31)32)8-19(17)37-3)10-39-21(27)7-14(22(28)29)24-23(30)40-11-13-6-18(36-2)20(38-4)9-16(13)26(33)34/h5-6,8-9,14H,7,10-11H2,1-4H3,(H,24,30)(H,28,29)/i21+1. The molecular formula is C23H25N3O14. The summed E-state index contributed by atoms with van der Waals surface area (Å²) >= 11 is 0. The largest absolute Gasteiger partial charge is 0.493 e. The Morgan fingerprint density at radius 2 is 1.18 bits per heavy atom. The number of hydrogen-bond donors (Lipinski definition) is 2. The SMILES string of the molecule is COc1cc(COC(=O)NC(C[13C](=O)OCc2cc(OC)c(OC)cc2[N+](=O)[O-])C(=O)O)c([N+](=O)[O-])cc1OC. The van der Waals surface area contributed by atoms with Crippen molar-refractivity contribution >= 4 is 29.4 Å². The minimum atomic E-state index is -1.82. The van der Waals surface area contributed by atoms with E-state index in [9.17, 15) is 39.7 Å². The minimum Gasteiger partial charge on any atom is -0.493 e. The highest BCUT2D eigenvalue weighted by atomic mass is 16.6. The normalized spacial score (nSPS) is 11.0. The number of amides is 1. The first-order chi connectivity index (χ1) is 18.9. The number of nitrogens with one attached hydrogen (secondary N) is 1. The van der Waals surface area contributed by atoms with Crippen LogP contribution in [0.25, 0.3) is 0 Å². The second-order valence-electron chi connectivity index (χ2n) is 7.66. The van der Waals surface area contributed by atoms with E-state index < -0.39 is 64.9 Å². The third-order valence-electron chi connectivity index (χ3n) is 5.27. The molecule has 0 heterocycles. The number of carbonyl (C=O) groups excluding carboxylic acids is 2. The molecule has 2 aromatic rings. The number of alkyl carbamates (subject to hydrolysis) is 1. The van der Waals surface area contributed by atoms with Crippen LogP contribution in [0.2, 0.25) is 0 Å². The van der Waals surface area contributed by atoms with Crippen molar-refractivity contribution in [3.63, 3.8) is 0 Å². The van der Waals surface area contributed by atoms with Gasteiger partial charge in [-0.3, -0.25) is 25.0 Å². The lowest BCUT2D eigenvalue weighted by Gasteiger charge is -2.15. The Bertz CT molecular complexity index is 1200. The van der Waals surface area contributed by atoms with Gasteiger partial charge in [0.15, 0.2) is 23.0 Å². The molecule has 0 fully saturated rings. The van der Waals surface area contributed by atoms with Crippen molar-refractivity contribution in [2.45, 2.75) is 25.7 Å². The van der Waals surface area contributed by atoms with Crippen LogP contribution in [-0.2, 0) is 32.3 Å². The van der Waals surface area contributed by atoms with Gasteiger partial charge in [0.05, 0.1) is 68.0 Å². The summed E-state index contributed by atoms with van der Waals surface area (Å²) in [6, 6.07) is 2.75. The average molecular weight is 568 g/mol. The summed E-state index contributed by atoms with van der Waals surface area (Å²) in [5.74, 6) is -2.37. The van der Waals surface area contributed by atoms with Gasteiger partial charge in [0.2, 0.25) is 0 Å². The van der Waals surface area contributed by atoms with Crippen LogP contribution in [0.4, 0.5) is 16.2 Å². The molecule has 0 aliphatic rings. The van der Waals surface area contributed by atoms with Crippen LogP contribution in [0.15, 0.2) is 24.3 Å². The van der Waals surface area contributed by atoms with Crippen LogP contribution in [0.1, 0.15) is 17.5 Å². The number of methoxy groups -OCH3 is 4. The quantitative estimate of drug-likeness (QED) is 0.144. The molecule has 1 atom stereocenters. The molecule has 17 nitrogen and oxygen atoms in total. The first-order valence-electron chi connectivity index (χ1n) is 11.1. The van der Waals surface area contributed by atoms with E-state index >= 15 is 0 Å². The average Bonchev–Trinajstić information content (AvgIpc) is 2.93.